The number of aliphatic hydroxyl groups excluding tert-OH is 1. The Morgan fingerprint density at radius 1 is 1.43 bits per heavy atom. The van der Waals surface area contributed by atoms with Crippen LogP contribution in [-0.4, -0.2) is 30.8 Å². The van der Waals surface area contributed by atoms with E-state index in [1.807, 2.05) is 24.3 Å². The molecule has 0 bridgehead atoms. The summed E-state index contributed by atoms with van der Waals surface area (Å²) in [5, 5.41) is 11.7. The third-order valence-corrected chi connectivity index (χ3v) is 3.46. The van der Waals surface area contributed by atoms with Crippen LogP contribution in [0.3, 0.4) is 0 Å². The van der Waals surface area contributed by atoms with Gasteiger partial charge in [0, 0.05) is 25.1 Å². The van der Waals surface area contributed by atoms with Crippen molar-refractivity contribution in [1.29, 1.82) is 0 Å². The number of benzene rings is 1. The second-order valence-electron chi connectivity index (χ2n) is 5.06. The van der Waals surface area contributed by atoms with Crippen LogP contribution >= 0.6 is 0 Å². The molecule has 1 heterocycles. The third-order valence-electron chi connectivity index (χ3n) is 3.46. The van der Waals surface area contributed by atoms with Gasteiger partial charge in [0.25, 0.3) is 0 Å². The number of hydrogen-bond donors (Lipinski definition) is 2. The summed E-state index contributed by atoms with van der Waals surface area (Å²) in [4.78, 5) is 12.1. The molecule has 1 aromatic carbocycles. The predicted octanol–water partition coefficient (Wildman–Crippen LogP) is 1.46. The van der Waals surface area contributed by atoms with Crippen molar-refractivity contribution in [3.63, 3.8) is 0 Å². The fourth-order valence-electron chi connectivity index (χ4n) is 2.28. The molecular weight excluding hydrogens is 266 g/mol. The highest BCUT2D eigenvalue weighted by Crippen LogP contribution is 2.14. The molecule has 0 aromatic heterocycles. The molecule has 0 radical (unpaired) electrons. The van der Waals surface area contributed by atoms with Gasteiger partial charge in [0.1, 0.15) is 0 Å². The van der Waals surface area contributed by atoms with Gasteiger partial charge in [-0.15, -0.1) is 0 Å². The Morgan fingerprint density at radius 3 is 3.05 bits per heavy atom. The molecule has 1 amide bonds. The number of ether oxygens (including phenoxy) is 1. The normalized spacial score (nSPS) is 17.7. The zero-order chi connectivity index (χ0) is 14.9. The quantitative estimate of drug-likeness (QED) is 0.824. The van der Waals surface area contributed by atoms with E-state index in [2.05, 4.69) is 17.2 Å². The Balaban J connectivity index is 1.93. The third kappa shape index (κ3) is 4.89. The van der Waals surface area contributed by atoms with E-state index >= 15 is 0 Å². The SMILES string of the molecule is O=C(NCc1ccccc1C#CCCO)C1CCCOC1. The molecule has 0 aliphatic carbocycles. The lowest BCUT2D eigenvalue weighted by Gasteiger charge is -2.21. The second-order valence-corrected chi connectivity index (χ2v) is 5.06. The van der Waals surface area contributed by atoms with Crippen LogP contribution in [0.4, 0.5) is 0 Å². The van der Waals surface area contributed by atoms with Gasteiger partial charge in [0.15, 0.2) is 0 Å². The fraction of sp³-hybridized carbons (Fsp3) is 0.471. The first kappa shape index (κ1) is 15.6. The topological polar surface area (TPSA) is 58.6 Å². The molecule has 112 valence electrons. The Morgan fingerprint density at radius 2 is 2.29 bits per heavy atom. The van der Waals surface area contributed by atoms with Gasteiger partial charge >= 0.3 is 0 Å². The number of amides is 1. The van der Waals surface area contributed by atoms with Crippen LogP contribution in [0.25, 0.3) is 0 Å². The number of nitrogens with one attached hydrogen (secondary N) is 1. The number of rotatable bonds is 4. The van der Waals surface area contributed by atoms with Crippen molar-refractivity contribution < 1.29 is 14.6 Å². The van der Waals surface area contributed by atoms with Crippen molar-refractivity contribution in [2.45, 2.75) is 25.8 Å². The van der Waals surface area contributed by atoms with Gasteiger partial charge in [0.05, 0.1) is 19.1 Å². The minimum absolute atomic E-state index is 0.0358. The Labute approximate surface area is 125 Å². The van der Waals surface area contributed by atoms with Crippen LogP contribution in [0.2, 0.25) is 0 Å². The van der Waals surface area contributed by atoms with Crippen LogP contribution in [-0.2, 0) is 16.1 Å². The molecule has 1 unspecified atom stereocenters. The largest absolute Gasteiger partial charge is 0.395 e. The molecule has 1 aromatic rings. The lowest BCUT2D eigenvalue weighted by Crippen LogP contribution is -2.35. The van der Waals surface area contributed by atoms with E-state index in [9.17, 15) is 4.79 Å². The summed E-state index contributed by atoms with van der Waals surface area (Å²) in [6.45, 7) is 1.81. The van der Waals surface area contributed by atoms with Crippen molar-refractivity contribution in [3.05, 3.63) is 35.4 Å². The highest BCUT2D eigenvalue weighted by atomic mass is 16.5. The maximum absolute atomic E-state index is 12.1. The lowest BCUT2D eigenvalue weighted by atomic mass is 10.0. The summed E-state index contributed by atoms with van der Waals surface area (Å²) in [5.74, 6) is 5.95. The zero-order valence-corrected chi connectivity index (χ0v) is 12.1. The maximum atomic E-state index is 12.1. The van der Waals surface area contributed by atoms with Gasteiger partial charge in [-0.05, 0) is 24.5 Å². The molecule has 0 spiro atoms. The van der Waals surface area contributed by atoms with Crippen LogP contribution in [0, 0.1) is 17.8 Å². The molecule has 1 fully saturated rings. The number of carbonyl (C=O) groups is 1. The number of hydrogen-bond acceptors (Lipinski definition) is 3. The van der Waals surface area contributed by atoms with Gasteiger partial charge in [0.2, 0.25) is 5.91 Å². The summed E-state index contributed by atoms with van der Waals surface area (Å²) in [6, 6.07) is 7.74. The predicted molar refractivity (Wildman–Crippen MR) is 80.4 cm³/mol. The molecular formula is C17H21NO3. The van der Waals surface area contributed by atoms with Crippen LogP contribution in [0.1, 0.15) is 30.4 Å². The Bertz CT molecular complexity index is 524. The standard InChI is InChI=1S/C17H21NO3/c19-10-4-3-7-14-6-1-2-8-15(14)12-18-17(20)16-9-5-11-21-13-16/h1-2,6,8,16,19H,4-5,9-13H2,(H,18,20). The molecule has 2 N–H and O–H groups in total. The molecule has 4 heteroatoms. The second kappa shape index (κ2) is 8.46. The van der Waals surface area contributed by atoms with E-state index in [0.29, 0.717) is 19.6 Å². The monoisotopic (exact) mass is 287 g/mol. The highest BCUT2D eigenvalue weighted by Gasteiger charge is 2.21. The first-order valence-electron chi connectivity index (χ1n) is 7.34. The van der Waals surface area contributed by atoms with Crippen molar-refractivity contribution in [2.75, 3.05) is 19.8 Å². The summed E-state index contributed by atoms with van der Waals surface area (Å²) in [5.41, 5.74) is 1.89. The fourth-order valence-corrected chi connectivity index (χ4v) is 2.28. The van der Waals surface area contributed by atoms with E-state index < -0.39 is 0 Å². The van der Waals surface area contributed by atoms with Gasteiger partial charge in [-0.2, -0.15) is 0 Å². The Kier molecular flexibility index (Phi) is 6.26. The minimum Gasteiger partial charge on any atom is -0.395 e. The van der Waals surface area contributed by atoms with Crippen molar-refractivity contribution in [3.8, 4) is 11.8 Å². The van der Waals surface area contributed by atoms with Crippen LogP contribution < -0.4 is 5.32 Å². The van der Waals surface area contributed by atoms with E-state index in [-0.39, 0.29) is 18.4 Å². The molecule has 2 rings (SSSR count). The summed E-state index contributed by atoms with van der Waals surface area (Å²) < 4.78 is 5.34. The van der Waals surface area contributed by atoms with E-state index in [0.717, 1.165) is 30.6 Å². The van der Waals surface area contributed by atoms with Gasteiger partial charge in [-0.25, -0.2) is 0 Å². The van der Waals surface area contributed by atoms with Gasteiger partial charge < -0.3 is 15.2 Å². The summed E-state index contributed by atoms with van der Waals surface area (Å²) in [6.07, 6.45) is 2.30. The molecule has 21 heavy (non-hydrogen) atoms. The summed E-state index contributed by atoms with van der Waals surface area (Å²) >= 11 is 0. The minimum atomic E-state index is -0.0358. The number of aliphatic hydroxyl groups is 1. The number of carbonyl (C=O) groups excluding carboxylic acids is 1. The zero-order valence-electron chi connectivity index (χ0n) is 12.1. The average molecular weight is 287 g/mol. The Hall–Kier alpha value is -1.83. The highest BCUT2D eigenvalue weighted by molar-refractivity contribution is 5.78. The van der Waals surface area contributed by atoms with E-state index in [1.165, 1.54) is 0 Å². The van der Waals surface area contributed by atoms with Crippen molar-refractivity contribution in [1.82, 2.24) is 5.32 Å². The van der Waals surface area contributed by atoms with E-state index in [1.54, 1.807) is 0 Å². The van der Waals surface area contributed by atoms with Gasteiger partial charge in [-0.1, -0.05) is 30.0 Å². The van der Waals surface area contributed by atoms with E-state index in [4.69, 9.17) is 9.84 Å². The molecule has 1 aliphatic rings. The smallest absolute Gasteiger partial charge is 0.225 e. The van der Waals surface area contributed by atoms with Gasteiger partial charge in [-0.3, -0.25) is 4.79 Å². The maximum Gasteiger partial charge on any atom is 0.225 e. The lowest BCUT2D eigenvalue weighted by molar-refractivity contribution is -0.129. The van der Waals surface area contributed by atoms with Crippen molar-refractivity contribution in [2.24, 2.45) is 5.92 Å². The van der Waals surface area contributed by atoms with Crippen LogP contribution in [0.15, 0.2) is 24.3 Å². The molecule has 0 saturated carbocycles. The van der Waals surface area contributed by atoms with Crippen LogP contribution in [0.5, 0.6) is 0 Å². The summed E-state index contributed by atoms with van der Waals surface area (Å²) in [7, 11) is 0. The molecule has 1 saturated heterocycles. The molecule has 4 nitrogen and oxygen atoms in total. The van der Waals surface area contributed by atoms with Crippen molar-refractivity contribution >= 4 is 5.91 Å². The first-order valence-corrected chi connectivity index (χ1v) is 7.34. The average Bonchev–Trinajstić information content (AvgIpc) is 2.54. The molecule has 1 atom stereocenters. The first-order chi connectivity index (χ1) is 10.3. The molecule has 1 aliphatic heterocycles.